The topological polar surface area (TPSA) is 37.4 Å². The minimum atomic E-state index is -3.42. The summed E-state index contributed by atoms with van der Waals surface area (Å²) in [7, 11) is -3.42. The van der Waals surface area contributed by atoms with E-state index in [1.54, 1.807) is 16.4 Å². The lowest BCUT2D eigenvalue weighted by Gasteiger charge is -2.24. The normalized spacial score (nSPS) is 24.2. The molecule has 1 aliphatic carbocycles. The highest BCUT2D eigenvalue weighted by molar-refractivity contribution is 7.89. The van der Waals surface area contributed by atoms with E-state index in [4.69, 9.17) is 0 Å². The highest BCUT2D eigenvalue weighted by Crippen LogP contribution is 2.48. The molecule has 2 aromatic rings. The molecule has 2 aliphatic rings. The average molecular weight is 313 g/mol. The lowest BCUT2D eigenvalue weighted by Crippen LogP contribution is -2.31. The number of hydrogen-bond acceptors (Lipinski definition) is 2. The highest BCUT2D eigenvalue weighted by Gasteiger charge is 2.46. The quantitative estimate of drug-likeness (QED) is 0.853. The van der Waals surface area contributed by atoms with Crippen molar-refractivity contribution in [3.05, 3.63) is 65.2 Å². The van der Waals surface area contributed by atoms with E-state index in [-0.39, 0.29) is 6.04 Å². The lowest BCUT2D eigenvalue weighted by atomic mass is 10.0. The minimum Gasteiger partial charge on any atom is -0.207 e. The monoisotopic (exact) mass is 313 g/mol. The lowest BCUT2D eigenvalue weighted by molar-refractivity contribution is 0.364. The summed E-state index contributed by atoms with van der Waals surface area (Å²) in [4.78, 5) is 0.406. The minimum absolute atomic E-state index is 0.0162. The Labute approximate surface area is 131 Å². The number of rotatable bonds is 2. The van der Waals surface area contributed by atoms with Crippen LogP contribution in [0.15, 0.2) is 53.4 Å². The van der Waals surface area contributed by atoms with Crippen LogP contribution in [-0.2, 0) is 16.4 Å². The third kappa shape index (κ3) is 2.02. The number of sulfonamides is 1. The van der Waals surface area contributed by atoms with Crippen molar-refractivity contribution in [3.8, 4) is 0 Å². The Kier molecular flexibility index (Phi) is 3.13. The summed E-state index contributed by atoms with van der Waals surface area (Å²) >= 11 is 0. The molecule has 0 N–H and O–H groups in total. The van der Waals surface area contributed by atoms with Crippen molar-refractivity contribution in [1.29, 1.82) is 0 Å². The molecular weight excluding hydrogens is 294 g/mol. The van der Waals surface area contributed by atoms with Gasteiger partial charge in [0.2, 0.25) is 10.0 Å². The first-order chi connectivity index (χ1) is 10.6. The molecule has 0 aromatic heterocycles. The Morgan fingerprint density at radius 1 is 1.05 bits per heavy atom. The van der Waals surface area contributed by atoms with Crippen molar-refractivity contribution in [2.45, 2.75) is 30.7 Å². The molecule has 0 saturated carbocycles. The van der Waals surface area contributed by atoms with Crippen LogP contribution < -0.4 is 0 Å². The van der Waals surface area contributed by atoms with Crippen LogP contribution in [0.2, 0.25) is 0 Å². The van der Waals surface area contributed by atoms with E-state index < -0.39 is 10.0 Å². The fourth-order valence-electron chi connectivity index (χ4n) is 3.85. The Balaban J connectivity index is 1.76. The first kappa shape index (κ1) is 14.0. The number of hydrogen-bond donors (Lipinski definition) is 0. The summed E-state index contributed by atoms with van der Waals surface area (Å²) in [6.45, 7) is 2.59. The van der Waals surface area contributed by atoms with Gasteiger partial charge in [0.05, 0.1) is 10.9 Å². The second kappa shape index (κ2) is 4.93. The zero-order valence-electron chi connectivity index (χ0n) is 12.6. The van der Waals surface area contributed by atoms with E-state index >= 15 is 0 Å². The predicted molar refractivity (Wildman–Crippen MR) is 86.1 cm³/mol. The number of nitrogens with zero attached hydrogens (tertiary/aromatic N) is 1. The van der Waals surface area contributed by atoms with Crippen LogP contribution in [0.5, 0.6) is 0 Å². The van der Waals surface area contributed by atoms with E-state index in [0.717, 1.165) is 18.4 Å². The van der Waals surface area contributed by atoms with Crippen LogP contribution in [0, 0.1) is 12.8 Å². The smallest absolute Gasteiger partial charge is 0.207 e. The summed E-state index contributed by atoms with van der Waals surface area (Å²) in [5.41, 5.74) is 3.58. The molecule has 2 atom stereocenters. The van der Waals surface area contributed by atoms with E-state index in [1.807, 2.05) is 31.2 Å². The van der Waals surface area contributed by atoms with Crippen molar-refractivity contribution < 1.29 is 8.42 Å². The third-order valence-electron chi connectivity index (χ3n) is 4.96. The van der Waals surface area contributed by atoms with Gasteiger partial charge in [-0.15, -0.1) is 0 Å². The van der Waals surface area contributed by atoms with Gasteiger partial charge in [0.25, 0.3) is 0 Å². The molecule has 4 rings (SSSR count). The number of aryl methyl sites for hydroxylation is 1. The fraction of sp³-hybridized carbons (Fsp3) is 0.333. The van der Waals surface area contributed by atoms with Crippen molar-refractivity contribution in [2.75, 3.05) is 6.54 Å². The van der Waals surface area contributed by atoms with Gasteiger partial charge < -0.3 is 0 Å². The van der Waals surface area contributed by atoms with Gasteiger partial charge in [-0.1, -0.05) is 42.0 Å². The van der Waals surface area contributed by atoms with Crippen molar-refractivity contribution in [3.63, 3.8) is 0 Å². The van der Waals surface area contributed by atoms with Gasteiger partial charge in [-0.2, -0.15) is 4.31 Å². The van der Waals surface area contributed by atoms with Gasteiger partial charge in [-0.25, -0.2) is 8.42 Å². The van der Waals surface area contributed by atoms with Crippen LogP contribution in [0.25, 0.3) is 0 Å². The van der Waals surface area contributed by atoms with Crippen molar-refractivity contribution >= 4 is 10.0 Å². The summed E-state index contributed by atoms with van der Waals surface area (Å²) in [5.74, 6) is 0.428. The molecule has 0 radical (unpaired) electrons. The maximum atomic E-state index is 13.0. The van der Waals surface area contributed by atoms with Gasteiger partial charge in [0.1, 0.15) is 0 Å². The molecule has 0 unspecified atom stereocenters. The molecule has 1 fully saturated rings. The first-order valence-electron chi connectivity index (χ1n) is 7.74. The summed E-state index contributed by atoms with van der Waals surface area (Å²) in [6, 6.07) is 15.5. The number of fused-ring (bicyclic) bond motifs is 3. The average Bonchev–Trinajstić information content (AvgIpc) is 3.06. The predicted octanol–water partition coefficient (Wildman–Crippen LogP) is 3.30. The van der Waals surface area contributed by atoms with Crippen LogP contribution in [0.4, 0.5) is 0 Å². The second-order valence-electron chi connectivity index (χ2n) is 6.33. The van der Waals surface area contributed by atoms with Crippen molar-refractivity contribution in [2.24, 2.45) is 5.92 Å². The Morgan fingerprint density at radius 3 is 2.55 bits per heavy atom. The standard InChI is InChI=1S/C18H19NO2S/c1-13-6-8-16(9-7-13)22(20,21)19-11-10-15-12-14-4-2-3-5-17(14)18(15)19/h2-9,15,18H,10-12H2,1H3/t15-,18-/m1/s1. The van der Waals surface area contributed by atoms with Gasteiger partial charge in [0, 0.05) is 6.54 Å². The zero-order chi connectivity index (χ0) is 15.3. The third-order valence-corrected chi connectivity index (χ3v) is 6.86. The SMILES string of the molecule is Cc1ccc(S(=O)(=O)N2CC[C@@H]3Cc4ccccc4[C@@H]32)cc1. The molecular formula is C18H19NO2S. The summed E-state index contributed by atoms with van der Waals surface area (Å²) in [6.07, 6.45) is 1.95. The molecule has 1 aliphatic heterocycles. The van der Waals surface area contributed by atoms with E-state index in [1.165, 1.54) is 11.1 Å². The van der Waals surface area contributed by atoms with Crippen LogP contribution in [0.3, 0.4) is 0 Å². The summed E-state index contributed by atoms with van der Waals surface area (Å²) < 4.78 is 27.8. The number of benzene rings is 2. The van der Waals surface area contributed by atoms with Gasteiger partial charge >= 0.3 is 0 Å². The molecule has 0 bridgehead atoms. The van der Waals surface area contributed by atoms with E-state index in [0.29, 0.717) is 17.4 Å². The first-order valence-corrected chi connectivity index (χ1v) is 9.18. The second-order valence-corrected chi connectivity index (χ2v) is 8.22. The van der Waals surface area contributed by atoms with Gasteiger partial charge in [-0.3, -0.25) is 0 Å². The molecule has 1 heterocycles. The van der Waals surface area contributed by atoms with E-state index in [9.17, 15) is 8.42 Å². The van der Waals surface area contributed by atoms with Crippen LogP contribution >= 0.6 is 0 Å². The van der Waals surface area contributed by atoms with Gasteiger partial charge in [0.15, 0.2) is 0 Å². The Hall–Kier alpha value is -1.65. The summed E-state index contributed by atoms with van der Waals surface area (Å²) in [5, 5.41) is 0. The molecule has 22 heavy (non-hydrogen) atoms. The molecule has 3 nitrogen and oxygen atoms in total. The largest absolute Gasteiger partial charge is 0.243 e. The molecule has 0 spiro atoms. The molecule has 114 valence electrons. The molecule has 1 saturated heterocycles. The van der Waals surface area contributed by atoms with E-state index in [2.05, 4.69) is 12.1 Å². The Morgan fingerprint density at radius 2 is 1.77 bits per heavy atom. The zero-order valence-corrected chi connectivity index (χ0v) is 13.4. The van der Waals surface area contributed by atoms with Crippen LogP contribution in [-0.4, -0.2) is 19.3 Å². The van der Waals surface area contributed by atoms with Gasteiger partial charge in [-0.05, 0) is 48.9 Å². The molecule has 0 amide bonds. The van der Waals surface area contributed by atoms with Crippen LogP contribution in [0.1, 0.15) is 29.2 Å². The highest BCUT2D eigenvalue weighted by atomic mass is 32.2. The fourth-order valence-corrected chi connectivity index (χ4v) is 5.54. The molecule has 2 aromatic carbocycles. The molecule has 4 heteroatoms. The maximum absolute atomic E-state index is 13.0. The van der Waals surface area contributed by atoms with Crippen molar-refractivity contribution in [1.82, 2.24) is 4.31 Å². The maximum Gasteiger partial charge on any atom is 0.243 e. The Bertz CT molecular complexity index is 811.